The third-order valence-corrected chi connectivity index (χ3v) is 4.49. The van der Waals surface area contributed by atoms with Crippen LogP contribution in [-0.4, -0.2) is 28.1 Å². The lowest BCUT2D eigenvalue weighted by molar-refractivity contribution is -0.144. The Labute approximate surface area is 158 Å². The Kier molecular flexibility index (Phi) is 5.55. The van der Waals surface area contributed by atoms with E-state index in [1.165, 1.54) is 10.8 Å². The average Bonchev–Trinajstić information content (AvgIpc) is 3.11. The molecule has 4 nitrogen and oxygen atoms in total. The number of hydrogen-bond acceptors (Lipinski definition) is 4. The van der Waals surface area contributed by atoms with Crippen molar-refractivity contribution in [1.29, 1.82) is 0 Å². The van der Waals surface area contributed by atoms with Gasteiger partial charge in [0, 0.05) is 4.90 Å². The third-order valence-electron chi connectivity index (χ3n) is 3.74. The van der Waals surface area contributed by atoms with Gasteiger partial charge in [-0.05, 0) is 54.3 Å². The smallest absolute Gasteiger partial charge is 0.453 e. The molecule has 8 heteroatoms. The fraction of sp³-hybridized carbons (Fsp3) is 0.158. The molecule has 0 N–H and O–H groups in total. The number of benzene rings is 2. The summed E-state index contributed by atoms with van der Waals surface area (Å²) in [5, 5.41) is 3.65. The number of rotatable bonds is 5. The maximum absolute atomic E-state index is 13.1. The molecule has 140 valence electrons. The van der Waals surface area contributed by atoms with Crippen LogP contribution in [0.3, 0.4) is 0 Å². The molecule has 1 heterocycles. The summed E-state index contributed by atoms with van der Waals surface area (Å²) >= 11 is 1.55. The molecular weight excluding hydrogens is 375 g/mol. The standard InChI is InChI=1S/C19H16F3N3OS/c1-26-15-8-3-13(4-9-15)5-12-17-23-18(19(20,21)22)24-25(17)14-6-10-16(27-2)11-7-14/h3-12H,1-2H3/b12-5+. The van der Waals surface area contributed by atoms with Gasteiger partial charge in [0.1, 0.15) is 5.75 Å². The molecule has 0 spiro atoms. The van der Waals surface area contributed by atoms with Gasteiger partial charge in [-0.15, -0.1) is 16.9 Å². The van der Waals surface area contributed by atoms with Crippen LogP contribution in [0.1, 0.15) is 17.2 Å². The van der Waals surface area contributed by atoms with Crippen LogP contribution in [0, 0.1) is 0 Å². The summed E-state index contributed by atoms with van der Waals surface area (Å²) in [6.07, 6.45) is 0.491. The van der Waals surface area contributed by atoms with Crippen LogP contribution in [0.25, 0.3) is 17.8 Å². The molecule has 0 saturated carbocycles. The number of nitrogens with zero attached hydrogens (tertiary/aromatic N) is 3. The van der Waals surface area contributed by atoms with E-state index in [-0.39, 0.29) is 5.82 Å². The van der Waals surface area contributed by atoms with Gasteiger partial charge < -0.3 is 4.74 Å². The molecule has 0 radical (unpaired) electrons. The van der Waals surface area contributed by atoms with Crippen molar-refractivity contribution in [1.82, 2.24) is 14.8 Å². The summed E-state index contributed by atoms with van der Waals surface area (Å²) in [6, 6.07) is 14.2. The van der Waals surface area contributed by atoms with Gasteiger partial charge in [-0.1, -0.05) is 18.2 Å². The predicted octanol–water partition coefficient (Wildman–Crippen LogP) is 5.19. The zero-order chi connectivity index (χ0) is 19.4. The Morgan fingerprint density at radius 2 is 1.67 bits per heavy atom. The van der Waals surface area contributed by atoms with Gasteiger partial charge in [-0.3, -0.25) is 0 Å². The lowest BCUT2D eigenvalue weighted by atomic mass is 10.2. The van der Waals surface area contributed by atoms with Crippen LogP contribution < -0.4 is 4.74 Å². The molecule has 0 atom stereocenters. The quantitative estimate of drug-likeness (QED) is 0.562. The first kappa shape index (κ1) is 19.0. The second-order valence-electron chi connectivity index (χ2n) is 5.51. The van der Waals surface area contributed by atoms with E-state index in [2.05, 4.69) is 10.1 Å². The normalized spacial score (nSPS) is 11.9. The van der Waals surface area contributed by atoms with Crippen molar-refractivity contribution in [3.05, 3.63) is 65.7 Å². The first-order chi connectivity index (χ1) is 12.9. The average molecular weight is 391 g/mol. The SMILES string of the molecule is COc1ccc(/C=C/c2nc(C(F)(F)F)nn2-c2ccc(SC)cc2)cc1. The molecule has 3 aromatic rings. The minimum absolute atomic E-state index is 0.0926. The van der Waals surface area contributed by atoms with E-state index in [1.54, 1.807) is 61.3 Å². The Hall–Kier alpha value is -2.74. The first-order valence-corrected chi connectivity index (χ1v) is 9.14. The van der Waals surface area contributed by atoms with Gasteiger partial charge >= 0.3 is 6.18 Å². The first-order valence-electron chi connectivity index (χ1n) is 7.91. The van der Waals surface area contributed by atoms with Crippen LogP contribution in [0.5, 0.6) is 5.75 Å². The highest BCUT2D eigenvalue weighted by molar-refractivity contribution is 7.98. The van der Waals surface area contributed by atoms with Crippen LogP contribution >= 0.6 is 11.8 Å². The van der Waals surface area contributed by atoms with E-state index >= 15 is 0 Å². The van der Waals surface area contributed by atoms with Crippen molar-refractivity contribution in [2.45, 2.75) is 11.1 Å². The molecule has 27 heavy (non-hydrogen) atoms. The maximum Gasteiger partial charge on any atom is 0.453 e. The Bertz CT molecular complexity index is 932. The van der Waals surface area contributed by atoms with Gasteiger partial charge in [-0.25, -0.2) is 9.67 Å². The van der Waals surface area contributed by atoms with Crippen LogP contribution in [0.4, 0.5) is 13.2 Å². The van der Waals surface area contributed by atoms with Crippen LogP contribution in [0.15, 0.2) is 53.4 Å². The molecule has 0 aliphatic rings. The Morgan fingerprint density at radius 3 is 2.22 bits per heavy atom. The van der Waals surface area contributed by atoms with Crippen molar-refractivity contribution >= 4 is 23.9 Å². The van der Waals surface area contributed by atoms with Gasteiger partial charge in [0.05, 0.1) is 12.8 Å². The fourth-order valence-corrected chi connectivity index (χ4v) is 2.76. The second-order valence-corrected chi connectivity index (χ2v) is 6.39. The largest absolute Gasteiger partial charge is 0.497 e. The molecule has 0 aliphatic carbocycles. The molecule has 2 aromatic carbocycles. The van der Waals surface area contributed by atoms with E-state index in [1.807, 2.05) is 18.4 Å². The van der Waals surface area contributed by atoms with E-state index in [4.69, 9.17) is 4.74 Å². The van der Waals surface area contributed by atoms with Crippen molar-refractivity contribution < 1.29 is 17.9 Å². The van der Waals surface area contributed by atoms with E-state index in [0.717, 1.165) is 10.5 Å². The van der Waals surface area contributed by atoms with Gasteiger partial charge in [0.15, 0.2) is 5.82 Å². The summed E-state index contributed by atoms with van der Waals surface area (Å²) in [7, 11) is 1.56. The molecular formula is C19H16F3N3OS. The summed E-state index contributed by atoms with van der Waals surface area (Å²) < 4.78 is 45.5. The summed E-state index contributed by atoms with van der Waals surface area (Å²) in [5.41, 5.74) is 1.31. The molecule has 3 rings (SSSR count). The predicted molar refractivity (Wildman–Crippen MR) is 100 cm³/mol. The Morgan fingerprint density at radius 1 is 1.00 bits per heavy atom. The van der Waals surface area contributed by atoms with Crippen molar-refractivity contribution in [3.8, 4) is 11.4 Å². The fourth-order valence-electron chi connectivity index (χ4n) is 2.35. The Balaban J connectivity index is 1.98. The molecule has 1 aromatic heterocycles. The maximum atomic E-state index is 13.1. The summed E-state index contributed by atoms with van der Waals surface area (Å²) in [5.74, 6) is -0.385. The molecule has 0 bridgehead atoms. The van der Waals surface area contributed by atoms with E-state index in [0.29, 0.717) is 11.4 Å². The molecule has 0 unspecified atom stereocenters. The minimum Gasteiger partial charge on any atom is -0.497 e. The van der Waals surface area contributed by atoms with Crippen molar-refractivity contribution in [2.75, 3.05) is 13.4 Å². The zero-order valence-electron chi connectivity index (χ0n) is 14.6. The number of thioether (sulfide) groups is 1. The van der Waals surface area contributed by atoms with Crippen LogP contribution in [-0.2, 0) is 6.18 Å². The number of aromatic nitrogens is 3. The lowest BCUT2D eigenvalue weighted by Gasteiger charge is -2.04. The second kappa shape index (κ2) is 7.87. The van der Waals surface area contributed by atoms with Gasteiger partial charge in [-0.2, -0.15) is 13.2 Å². The van der Waals surface area contributed by atoms with Gasteiger partial charge in [0.2, 0.25) is 0 Å². The number of ether oxygens (including phenoxy) is 1. The van der Waals surface area contributed by atoms with Gasteiger partial charge in [0.25, 0.3) is 5.82 Å². The van der Waals surface area contributed by atoms with Crippen molar-refractivity contribution in [2.24, 2.45) is 0 Å². The molecule has 0 amide bonds. The number of hydrogen-bond donors (Lipinski definition) is 0. The van der Waals surface area contributed by atoms with Crippen molar-refractivity contribution in [3.63, 3.8) is 0 Å². The molecule has 0 saturated heterocycles. The van der Waals surface area contributed by atoms with E-state index < -0.39 is 12.0 Å². The summed E-state index contributed by atoms with van der Waals surface area (Å²) in [6.45, 7) is 0. The summed E-state index contributed by atoms with van der Waals surface area (Å²) in [4.78, 5) is 4.66. The third kappa shape index (κ3) is 4.51. The number of halogens is 3. The highest BCUT2D eigenvalue weighted by Crippen LogP contribution is 2.28. The highest BCUT2D eigenvalue weighted by atomic mass is 32.2. The zero-order valence-corrected chi connectivity index (χ0v) is 15.4. The lowest BCUT2D eigenvalue weighted by Crippen LogP contribution is -2.08. The molecule has 0 aliphatic heterocycles. The highest BCUT2D eigenvalue weighted by Gasteiger charge is 2.37. The van der Waals surface area contributed by atoms with Crippen LogP contribution in [0.2, 0.25) is 0 Å². The van der Waals surface area contributed by atoms with E-state index in [9.17, 15) is 13.2 Å². The number of alkyl halides is 3. The minimum atomic E-state index is -4.62. The topological polar surface area (TPSA) is 39.9 Å². The molecule has 0 fully saturated rings. The number of methoxy groups -OCH3 is 1. The monoisotopic (exact) mass is 391 g/mol.